The van der Waals surface area contributed by atoms with Crippen molar-refractivity contribution in [3.63, 3.8) is 0 Å². The highest BCUT2D eigenvalue weighted by atomic mass is 32.2. The highest BCUT2D eigenvalue weighted by molar-refractivity contribution is 7.91. The van der Waals surface area contributed by atoms with Gasteiger partial charge in [-0.2, -0.15) is 13.2 Å². The van der Waals surface area contributed by atoms with Gasteiger partial charge >= 0.3 is 6.18 Å². The lowest BCUT2D eigenvalue weighted by Crippen LogP contribution is -2.52. The lowest BCUT2D eigenvalue weighted by molar-refractivity contribution is -0.137. The molecule has 1 unspecified atom stereocenters. The van der Waals surface area contributed by atoms with Crippen LogP contribution in [0.4, 0.5) is 13.2 Å². The number of carbonyl (C=O) groups is 3. The summed E-state index contributed by atoms with van der Waals surface area (Å²) < 4.78 is 65.4. The summed E-state index contributed by atoms with van der Waals surface area (Å²) in [5, 5.41) is 5.25. The second-order valence-electron chi connectivity index (χ2n) is 9.64. The summed E-state index contributed by atoms with van der Waals surface area (Å²) in [6.45, 7) is 0.269. The van der Waals surface area contributed by atoms with Crippen LogP contribution < -0.4 is 10.6 Å². The van der Waals surface area contributed by atoms with Crippen LogP contribution in [-0.4, -0.2) is 62.0 Å². The summed E-state index contributed by atoms with van der Waals surface area (Å²) in [6, 6.07) is 10.4. The zero-order chi connectivity index (χ0) is 27.5. The smallest absolute Gasteiger partial charge is 0.356 e. The lowest BCUT2D eigenvalue weighted by atomic mass is 9.81. The van der Waals surface area contributed by atoms with Crippen molar-refractivity contribution in [2.24, 2.45) is 5.92 Å². The van der Waals surface area contributed by atoms with E-state index < -0.39 is 51.4 Å². The van der Waals surface area contributed by atoms with Gasteiger partial charge in [0.1, 0.15) is 6.04 Å². The second-order valence-corrected chi connectivity index (χ2v) is 11.7. The van der Waals surface area contributed by atoms with Gasteiger partial charge in [-0.1, -0.05) is 24.3 Å². The number of hydrogen-bond donors (Lipinski definition) is 2. The molecule has 2 N–H and O–H groups in total. The molecular formula is C26H28F3N3O5S. The number of halogens is 3. The number of sulfone groups is 1. The molecule has 3 amide bonds. The van der Waals surface area contributed by atoms with Crippen LogP contribution >= 0.6 is 0 Å². The zero-order valence-corrected chi connectivity index (χ0v) is 21.2. The van der Waals surface area contributed by atoms with Crippen molar-refractivity contribution in [2.75, 3.05) is 12.3 Å². The van der Waals surface area contributed by atoms with Crippen molar-refractivity contribution in [1.82, 2.24) is 15.5 Å². The van der Waals surface area contributed by atoms with E-state index in [1.165, 1.54) is 18.2 Å². The van der Waals surface area contributed by atoms with E-state index in [9.17, 15) is 36.0 Å². The van der Waals surface area contributed by atoms with Crippen molar-refractivity contribution in [2.45, 2.75) is 54.9 Å². The summed E-state index contributed by atoms with van der Waals surface area (Å²) in [5.41, 5.74) is -1.17. The van der Waals surface area contributed by atoms with E-state index in [4.69, 9.17) is 0 Å². The first kappa shape index (κ1) is 27.6. The van der Waals surface area contributed by atoms with Crippen LogP contribution in [0, 0.1) is 5.92 Å². The lowest BCUT2D eigenvalue weighted by Gasteiger charge is -2.41. The molecule has 1 heterocycles. The molecule has 2 aliphatic rings. The van der Waals surface area contributed by atoms with E-state index in [0.717, 1.165) is 18.2 Å². The Balaban J connectivity index is 1.49. The predicted octanol–water partition coefficient (Wildman–Crippen LogP) is 2.79. The fourth-order valence-corrected chi connectivity index (χ4v) is 7.02. The molecular weight excluding hydrogens is 523 g/mol. The Morgan fingerprint density at radius 1 is 1.05 bits per heavy atom. The first-order valence-electron chi connectivity index (χ1n) is 12.3. The molecule has 1 aliphatic heterocycles. The molecule has 1 aliphatic carbocycles. The minimum Gasteiger partial charge on any atom is -0.356 e. The molecule has 204 valence electrons. The Labute approximate surface area is 218 Å². The molecule has 4 atom stereocenters. The number of carbonyl (C=O) groups excluding carboxylic acids is 3. The number of nitrogens with zero attached hydrogens (tertiary/aromatic N) is 1. The fourth-order valence-electron chi connectivity index (χ4n) is 5.33. The van der Waals surface area contributed by atoms with Gasteiger partial charge in [0.15, 0.2) is 9.84 Å². The third-order valence-corrected chi connectivity index (χ3v) is 9.04. The van der Waals surface area contributed by atoms with Crippen LogP contribution in [0.5, 0.6) is 0 Å². The maximum atomic E-state index is 13.3. The molecule has 1 saturated carbocycles. The quantitative estimate of drug-likeness (QED) is 0.490. The maximum Gasteiger partial charge on any atom is 0.416 e. The van der Waals surface area contributed by atoms with Gasteiger partial charge in [0.25, 0.3) is 5.91 Å². The molecule has 1 saturated heterocycles. The van der Waals surface area contributed by atoms with Crippen LogP contribution in [0.3, 0.4) is 0 Å². The molecule has 12 heteroatoms. The molecule has 8 nitrogen and oxygen atoms in total. The van der Waals surface area contributed by atoms with Crippen LogP contribution in [0.15, 0.2) is 59.5 Å². The standard InChI is InChI=1S/C26H28F3N3O5S/c27-26(28,29)19-6-4-5-17(13-19)24(34)31-22-11-12-32(25(22)35)23-10-9-20(30-16-33)14-18(23)15-38(36,37)21-7-2-1-3-8-21/h1-8,13,16,18,20,22-23H,9-12,14-15H2,(H,30,33)(H,31,34)/t18-,20+,22?,23-/m0/s1. The Morgan fingerprint density at radius 3 is 2.47 bits per heavy atom. The minimum absolute atomic E-state index is 0.170. The van der Waals surface area contributed by atoms with Gasteiger partial charge in [0, 0.05) is 24.2 Å². The van der Waals surface area contributed by atoms with Crippen LogP contribution in [0.1, 0.15) is 41.6 Å². The summed E-state index contributed by atoms with van der Waals surface area (Å²) in [4.78, 5) is 38.7. The molecule has 0 spiro atoms. The largest absolute Gasteiger partial charge is 0.416 e. The van der Waals surface area contributed by atoms with Gasteiger partial charge in [-0.25, -0.2) is 8.42 Å². The first-order chi connectivity index (χ1) is 18.0. The van der Waals surface area contributed by atoms with E-state index in [1.54, 1.807) is 23.1 Å². The highest BCUT2D eigenvalue weighted by Gasteiger charge is 2.43. The predicted molar refractivity (Wildman–Crippen MR) is 132 cm³/mol. The normalized spacial score (nSPS) is 24.2. The fraction of sp³-hybridized carbons (Fsp3) is 0.423. The average Bonchev–Trinajstić information content (AvgIpc) is 3.24. The second kappa shape index (κ2) is 11.1. The highest BCUT2D eigenvalue weighted by Crippen LogP contribution is 2.34. The van der Waals surface area contributed by atoms with Gasteiger partial charge in [-0.15, -0.1) is 0 Å². The third kappa shape index (κ3) is 6.17. The number of amides is 3. The van der Waals surface area contributed by atoms with Crippen molar-refractivity contribution in [3.05, 3.63) is 65.7 Å². The monoisotopic (exact) mass is 551 g/mol. The molecule has 0 bridgehead atoms. The van der Waals surface area contributed by atoms with Crippen molar-refractivity contribution >= 4 is 28.1 Å². The number of benzene rings is 2. The van der Waals surface area contributed by atoms with E-state index in [1.807, 2.05) is 0 Å². The maximum absolute atomic E-state index is 13.3. The molecule has 2 aromatic rings. The Bertz CT molecular complexity index is 1290. The van der Waals surface area contributed by atoms with Crippen molar-refractivity contribution in [1.29, 1.82) is 0 Å². The number of rotatable bonds is 8. The van der Waals surface area contributed by atoms with Crippen molar-refractivity contribution in [3.8, 4) is 0 Å². The molecule has 2 fully saturated rings. The summed E-state index contributed by atoms with van der Waals surface area (Å²) in [7, 11) is -3.68. The summed E-state index contributed by atoms with van der Waals surface area (Å²) in [6.07, 6.45) is -2.41. The van der Waals surface area contributed by atoms with E-state index >= 15 is 0 Å². The SMILES string of the molecule is O=CN[C@@H]1CC[C@H](N2CCC(NC(=O)c3cccc(C(F)(F)F)c3)C2=O)[C@H](CS(=O)(=O)c2ccccc2)C1. The minimum atomic E-state index is -4.61. The number of likely N-dealkylation sites (tertiary alicyclic amines) is 1. The van der Waals surface area contributed by atoms with Gasteiger partial charge in [0.2, 0.25) is 12.3 Å². The van der Waals surface area contributed by atoms with E-state index in [2.05, 4.69) is 10.6 Å². The van der Waals surface area contributed by atoms with Crippen molar-refractivity contribution < 1.29 is 36.0 Å². The van der Waals surface area contributed by atoms with Gasteiger partial charge < -0.3 is 15.5 Å². The number of hydrogen-bond acceptors (Lipinski definition) is 5. The third-order valence-electron chi connectivity index (χ3n) is 7.18. The molecule has 38 heavy (non-hydrogen) atoms. The average molecular weight is 552 g/mol. The summed E-state index contributed by atoms with van der Waals surface area (Å²) in [5.74, 6) is -1.88. The number of alkyl halides is 3. The first-order valence-corrected chi connectivity index (χ1v) is 13.9. The summed E-state index contributed by atoms with van der Waals surface area (Å²) >= 11 is 0. The molecule has 4 rings (SSSR count). The van der Waals surface area contributed by atoms with E-state index in [0.29, 0.717) is 25.7 Å². The van der Waals surface area contributed by atoms with Gasteiger partial charge in [-0.3, -0.25) is 14.4 Å². The number of nitrogens with one attached hydrogen (secondary N) is 2. The zero-order valence-electron chi connectivity index (χ0n) is 20.4. The van der Waals surface area contributed by atoms with Gasteiger partial charge in [-0.05, 0) is 61.9 Å². The Hall–Kier alpha value is -3.41. The van der Waals surface area contributed by atoms with Crippen LogP contribution in [-0.2, 0) is 25.6 Å². The van der Waals surface area contributed by atoms with Crippen LogP contribution in [0.2, 0.25) is 0 Å². The Kier molecular flexibility index (Phi) is 8.10. The molecule has 2 aromatic carbocycles. The molecule has 0 radical (unpaired) electrons. The molecule has 0 aromatic heterocycles. The Morgan fingerprint density at radius 2 is 1.79 bits per heavy atom. The topological polar surface area (TPSA) is 113 Å². The van der Waals surface area contributed by atoms with E-state index in [-0.39, 0.29) is 35.2 Å². The van der Waals surface area contributed by atoms with Crippen LogP contribution in [0.25, 0.3) is 0 Å². The van der Waals surface area contributed by atoms with Gasteiger partial charge in [0.05, 0.1) is 16.2 Å².